The van der Waals surface area contributed by atoms with E-state index in [0.29, 0.717) is 31.1 Å². The first-order chi connectivity index (χ1) is 14.5. The average molecular weight is 427 g/mol. The highest BCUT2D eigenvalue weighted by Crippen LogP contribution is 2.22. The van der Waals surface area contributed by atoms with Crippen molar-refractivity contribution in [3.63, 3.8) is 0 Å². The molecule has 1 saturated heterocycles. The molecule has 1 aromatic carbocycles. The van der Waals surface area contributed by atoms with Crippen molar-refractivity contribution in [1.82, 2.24) is 19.9 Å². The van der Waals surface area contributed by atoms with Gasteiger partial charge in [-0.1, -0.05) is 17.3 Å². The van der Waals surface area contributed by atoms with Crippen LogP contribution in [0, 0.1) is 17.0 Å². The summed E-state index contributed by atoms with van der Waals surface area (Å²) in [5.41, 5.74) is 1.20. The summed E-state index contributed by atoms with van der Waals surface area (Å²) in [6.45, 7) is 3.41. The smallest absolute Gasteiger partial charge is 0.276 e. The Balaban J connectivity index is 1.61. The molecule has 0 N–H and O–H groups in total. The third-order valence-corrected chi connectivity index (χ3v) is 5.91. The molecule has 1 atom stereocenters. The second kappa shape index (κ2) is 8.72. The lowest BCUT2D eigenvalue weighted by molar-refractivity contribution is -0.384. The highest BCUT2D eigenvalue weighted by Gasteiger charge is 2.27. The predicted octanol–water partition coefficient (Wildman–Crippen LogP) is 3.37. The normalized spacial score (nSPS) is 16.0. The van der Waals surface area contributed by atoms with E-state index in [1.165, 1.54) is 16.8 Å². The summed E-state index contributed by atoms with van der Waals surface area (Å²) in [7, 11) is 0. The van der Waals surface area contributed by atoms with E-state index in [1.807, 2.05) is 17.5 Å². The van der Waals surface area contributed by atoms with E-state index in [0.717, 1.165) is 17.7 Å². The minimum atomic E-state index is -0.466. The molecule has 1 aliphatic rings. The van der Waals surface area contributed by atoms with E-state index in [1.54, 1.807) is 35.3 Å². The molecule has 0 spiro atoms. The zero-order chi connectivity index (χ0) is 21.1. The molecule has 3 aromatic rings. The van der Waals surface area contributed by atoms with Crippen LogP contribution in [0.1, 0.15) is 33.9 Å². The maximum Gasteiger partial charge on any atom is 0.276 e. The van der Waals surface area contributed by atoms with Crippen molar-refractivity contribution in [3.05, 3.63) is 68.2 Å². The van der Waals surface area contributed by atoms with Crippen LogP contribution in [0.2, 0.25) is 0 Å². The largest absolute Gasteiger partial charge is 0.376 e. The van der Waals surface area contributed by atoms with Crippen LogP contribution in [0.3, 0.4) is 0 Å². The van der Waals surface area contributed by atoms with E-state index in [2.05, 4.69) is 10.3 Å². The Kier molecular flexibility index (Phi) is 5.86. The van der Waals surface area contributed by atoms with Gasteiger partial charge in [0.2, 0.25) is 0 Å². The summed E-state index contributed by atoms with van der Waals surface area (Å²) in [6.07, 6.45) is 1.93. The van der Waals surface area contributed by atoms with Gasteiger partial charge in [-0.2, -0.15) is 0 Å². The number of thiophene rings is 1. The molecule has 4 rings (SSSR count). The molecule has 0 radical (unpaired) electrons. The van der Waals surface area contributed by atoms with Gasteiger partial charge in [0.15, 0.2) is 5.69 Å². The Bertz CT molecular complexity index is 1040. The molecular formula is C20H21N5O4S. The lowest BCUT2D eigenvalue weighted by Crippen LogP contribution is -2.37. The summed E-state index contributed by atoms with van der Waals surface area (Å²) in [4.78, 5) is 26.8. The van der Waals surface area contributed by atoms with Gasteiger partial charge in [-0.3, -0.25) is 14.9 Å². The molecule has 1 aliphatic heterocycles. The van der Waals surface area contributed by atoms with E-state index >= 15 is 0 Å². The molecule has 3 heterocycles. The topological polar surface area (TPSA) is 103 Å². The van der Waals surface area contributed by atoms with Crippen molar-refractivity contribution in [2.75, 3.05) is 13.2 Å². The Morgan fingerprint density at radius 2 is 2.27 bits per heavy atom. The van der Waals surface area contributed by atoms with Gasteiger partial charge in [-0.25, -0.2) is 4.68 Å². The maximum absolute atomic E-state index is 13.4. The lowest BCUT2D eigenvalue weighted by Gasteiger charge is -2.24. The summed E-state index contributed by atoms with van der Waals surface area (Å²) >= 11 is 1.59. The van der Waals surface area contributed by atoms with Crippen LogP contribution in [0.15, 0.2) is 41.8 Å². The number of carbonyl (C=O) groups excluding carboxylic acids is 1. The minimum absolute atomic E-state index is 0.0148. The van der Waals surface area contributed by atoms with Gasteiger partial charge in [0.1, 0.15) is 0 Å². The standard InChI is InChI=1S/C20H21N5O4S/c1-14-19(21-22-24(14)15-5-2-6-16(11-15)25(27)28)20(26)23(12-17-7-3-9-29-17)13-18-8-4-10-30-18/h2,4-6,8,10-11,17H,3,7,9,12-13H2,1H3. The number of ether oxygens (including phenoxy) is 1. The maximum atomic E-state index is 13.4. The van der Waals surface area contributed by atoms with Gasteiger partial charge in [0.05, 0.1) is 29.0 Å². The molecule has 9 nitrogen and oxygen atoms in total. The SMILES string of the molecule is Cc1c(C(=O)N(Cc2cccs2)CC2CCCO2)nnn1-c1cccc([N+](=O)[O-])c1. The van der Waals surface area contributed by atoms with Crippen LogP contribution in [0.4, 0.5) is 5.69 Å². The number of nitro benzene ring substituents is 1. The van der Waals surface area contributed by atoms with E-state index in [-0.39, 0.29) is 23.4 Å². The van der Waals surface area contributed by atoms with Gasteiger partial charge < -0.3 is 9.64 Å². The second-order valence-corrected chi connectivity index (χ2v) is 8.14. The number of hydrogen-bond acceptors (Lipinski definition) is 7. The summed E-state index contributed by atoms with van der Waals surface area (Å²) in [6, 6.07) is 10.0. The fourth-order valence-corrected chi connectivity index (χ4v) is 4.22. The third-order valence-electron chi connectivity index (χ3n) is 5.04. The Morgan fingerprint density at radius 3 is 2.97 bits per heavy atom. The molecule has 10 heteroatoms. The fraction of sp³-hybridized carbons (Fsp3) is 0.350. The van der Waals surface area contributed by atoms with E-state index in [4.69, 9.17) is 4.74 Å². The number of rotatable bonds is 7. The highest BCUT2D eigenvalue weighted by molar-refractivity contribution is 7.09. The van der Waals surface area contributed by atoms with Crippen LogP contribution in [-0.4, -0.2) is 50.0 Å². The van der Waals surface area contributed by atoms with Crippen molar-refractivity contribution < 1.29 is 14.5 Å². The molecule has 1 unspecified atom stereocenters. The molecule has 2 aromatic heterocycles. The molecular weight excluding hydrogens is 406 g/mol. The van der Waals surface area contributed by atoms with Crippen LogP contribution in [0.25, 0.3) is 5.69 Å². The fourth-order valence-electron chi connectivity index (χ4n) is 3.50. The number of non-ortho nitro benzene ring substituents is 1. The number of amides is 1. The third kappa shape index (κ3) is 4.24. The van der Waals surface area contributed by atoms with Crippen LogP contribution < -0.4 is 0 Å². The van der Waals surface area contributed by atoms with Gasteiger partial charge in [0.25, 0.3) is 11.6 Å². The number of benzene rings is 1. The van der Waals surface area contributed by atoms with E-state index < -0.39 is 4.92 Å². The monoisotopic (exact) mass is 427 g/mol. The molecule has 156 valence electrons. The van der Waals surface area contributed by atoms with Crippen LogP contribution >= 0.6 is 11.3 Å². The Hall–Kier alpha value is -3.11. The average Bonchev–Trinajstić information content (AvgIpc) is 3.50. The van der Waals surface area contributed by atoms with Crippen molar-refractivity contribution in [3.8, 4) is 5.69 Å². The first-order valence-electron chi connectivity index (χ1n) is 9.63. The number of nitro groups is 1. The molecule has 0 bridgehead atoms. The number of aromatic nitrogens is 3. The Morgan fingerprint density at radius 1 is 1.40 bits per heavy atom. The van der Waals surface area contributed by atoms with Gasteiger partial charge in [-0.05, 0) is 37.3 Å². The second-order valence-electron chi connectivity index (χ2n) is 7.11. The number of nitrogens with zero attached hydrogens (tertiary/aromatic N) is 5. The van der Waals surface area contributed by atoms with E-state index in [9.17, 15) is 14.9 Å². The quantitative estimate of drug-likeness (QED) is 0.423. The first-order valence-corrected chi connectivity index (χ1v) is 10.5. The van der Waals surface area contributed by atoms with Gasteiger partial charge in [-0.15, -0.1) is 16.4 Å². The number of carbonyl (C=O) groups is 1. The predicted molar refractivity (Wildman–Crippen MR) is 111 cm³/mol. The summed E-state index contributed by atoms with van der Waals surface area (Å²) in [5.74, 6) is -0.229. The van der Waals surface area contributed by atoms with Crippen molar-refractivity contribution >= 4 is 22.9 Å². The summed E-state index contributed by atoms with van der Waals surface area (Å²) in [5, 5.41) is 21.2. The van der Waals surface area contributed by atoms with Crippen molar-refractivity contribution in [2.45, 2.75) is 32.4 Å². The van der Waals surface area contributed by atoms with Gasteiger partial charge >= 0.3 is 0 Å². The van der Waals surface area contributed by atoms with Gasteiger partial charge in [0, 0.05) is 30.2 Å². The minimum Gasteiger partial charge on any atom is -0.376 e. The first kappa shape index (κ1) is 20.2. The Labute approximate surface area is 177 Å². The number of hydrogen-bond donors (Lipinski definition) is 0. The zero-order valence-corrected chi connectivity index (χ0v) is 17.2. The van der Waals surface area contributed by atoms with Crippen LogP contribution in [0.5, 0.6) is 0 Å². The zero-order valence-electron chi connectivity index (χ0n) is 16.4. The molecule has 30 heavy (non-hydrogen) atoms. The van der Waals surface area contributed by atoms with Crippen LogP contribution in [-0.2, 0) is 11.3 Å². The molecule has 1 fully saturated rings. The van der Waals surface area contributed by atoms with Crippen molar-refractivity contribution in [2.24, 2.45) is 0 Å². The van der Waals surface area contributed by atoms with Crippen molar-refractivity contribution in [1.29, 1.82) is 0 Å². The molecule has 0 aliphatic carbocycles. The molecule has 1 amide bonds. The highest BCUT2D eigenvalue weighted by atomic mass is 32.1. The summed E-state index contributed by atoms with van der Waals surface area (Å²) < 4.78 is 7.19. The molecule has 0 saturated carbocycles. The lowest BCUT2D eigenvalue weighted by atomic mass is 10.2.